The van der Waals surface area contributed by atoms with Crippen molar-refractivity contribution in [3.63, 3.8) is 0 Å². The first-order chi connectivity index (χ1) is 13.7. The number of ketones is 1. The molecule has 28 heavy (non-hydrogen) atoms. The van der Waals surface area contributed by atoms with Crippen molar-refractivity contribution in [3.05, 3.63) is 66.5 Å². The van der Waals surface area contributed by atoms with E-state index in [0.717, 1.165) is 11.3 Å². The number of hydrogen-bond acceptors (Lipinski definition) is 6. The summed E-state index contributed by atoms with van der Waals surface area (Å²) in [4.78, 5) is 27.9. The molecule has 140 valence electrons. The van der Waals surface area contributed by atoms with Gasteiger partial charge in [-0.2, -0.15) is 0 Å². The number of aromatic amines is 1. The van der Waals surface area contributed by atoms with Gasteiger partial charge in [0.1, 0.15) is 30.0 Å². The molecule has 7 heteroatoms. The number of H-pyrrole nitrogens is 1. The van der Waals surface area contributed by atoms with Crippen LogP contribution in [0.25, 0.3) is 22.6 Å². The summed E-state index contributed by atoms with van der Waals surface area (Å²) in [7, 11) is 0. The number of nitrogens with zero attached hydrogens (tertiary/aromatic N) is 3. The zero-order valence-electron chi connectivity index (χ0n) is 15.3. The molecular weight excluding hydrogens is 354 g/mol. The first-order valence-corrected chi connectivity index (χ1v) is 8.94. The first-order valence-electron chi connectivity index (χ1n) is 8.94. The van der Waals surface area contributed by atoms with Gasteiger partial charge in [0.2, 0.25) is 0 Å². The molecule has 2 aromatic carbocycles. The number of carbonyl (C=O) groups is 1. The van der Waals surface area contributed by atoms with Crippen molar-refractivity contribution < 1.29 is 9.53 Å². The summed E-state index contributed by atoms with van der Waals surface area (Å²) in [6.07, 6.45) is 1.47. The van der Waals surface area contributed by atoms with E-state index in [1.165, 1.54) is 6.33 Å². The molecule has 0 atom stereocenters. The lowest BCUT2D eigenvalue weighted by atomic mass is 10.1. The number of rotatable bonds is 7. The van der Waals surface area contributed by atoms with Crippen molar-refractivity contribution in [1.82, 2.24) is 19.9 Å². The Labute approximate surface area is 161 Å². The molecule has 0 aliphatic rings. The van der Waals surface area contributed by atoms with Crippen LogP contribution in [0.4, 0.5) is 5.82 Å². The maximum atomic E-state index is 11.6. The Morgan fingerprint density at radius 3 is 2.79 bits per heavy atom. The average Bonchev–Trinajstić information content (AvgIpc) is 3.17. The number of hydrogen-bond donors (Lipinski definition) is 2. The van der Waals surface area contributed by atoms with Crippen LogP contribution in [0, 0.1) is 0 Å². The summed E-state index contributed by atoms with van der Waals surface area (Å²) in [6.45, 7) is 2.62. The summed E-state index contributed by atoms with van der Waals surface area (Å²) < 4.78 is 5.69. The van der Waals surface area contributed by atoms with Crippen LogP contribution in [0.5, 0.6) is 5.75 Å². The van der Waals surface area contributed by atoms with Gasteiger partial charge in [0.25, 0.3) is 0 Å². The minimum Gasteiger partial charge on any atom is -0.492 e. The van der Waals surface area contributed by atoms with Gasteiger partial charge in [0.15, 0.2) is 17.2 Å². The second kappa shape index (κ2) is 7.87. The van der Waals surface area contributed by atoms with Crippen LogP contribution in [0.15, 0.2) is 60.9 Å². The number of fused-ring (bicyclic) bond motifs is 1. The van der Waals surface area contributed by atoms with E-state index in [4.69, 9.17) is 4.74 Å². The van der Waals surface area contributed by atoms with Gasteiger partial charge in [-0.1, -0.05) is 36.4 Å². The van der Waals surface area contributed by atoms with Crippen LogP contribution in [-0.4, -0.2) is 38.9 Å². The number of Topliss-reactive ketones (excluding diaryl/α,β-unsaturated/α-hetero) is 1. The van der Waals surface area contributed by atoms with E-state index in [0.29, 0.717) is 41.5 Å². The van der Waals surface area contributed by atoms with Gasteiger partial charge >= 0.3 is 0 Å². The summed E-state index contributed by atoms with van der Waals surface area (Å²) >= 11 is 0. The van der Waals surface area contributed by atoms with Gasteiger partial charge in [0, 0.05) is 11.1 Å². The smallest absolute Gasteiger partial charge is 0.183 e. The highest BCUT2D eigenvalue weighted by Crippen LogP contribution is 2.23. The van der Waals surface area contributed by atoms with Crippen LogP contribution in [0.3, 0.4) is 0 Å². The predicted molar refractivity (Wildman–Crippen MR) is 108 cm³/mol. The van der Waals surface area contributed by atoms with E-state index < -0.39 is 0 Å². The van der Waals surface area contributed by atoms with Gasteiger partial charge in [-0.15, -0.1) is 0 Å². The predicted octanol–water partition coefficient (Wildman–Crippen LogP) is 3.71. The molecule has 0 radical (unpaired) electrons. The van der Waals surface area contributed by atoms with E-state index in [-0.39, 0.29) is 5.78 Å². The molecule has 0 aliphatic carbocycles. The molecular formula is C21H19N5O2. The molecule has 4 aromatic rings. The highest BCUT2D eigenvalue weighted by molar-refractivity contribution is 5.95. The van der Waals surface area contributed by atoms with Crippen LogP contribution in [0.1, 0.15) is 17.3 Å². The number of imidazole rings is 1. The Balaban J connectivity index is 1.51. The number of para-hydroxylation sites is 1. The fraction of sp³-hybridized carbons (Fsp3) is 0.143. The van der Waals surface area contributed by atoms with Gasteiger partial charge < -0.3 is 15.0 Å². The second-order valence-electron chi connectivity index (χ2n) is 6.23. The minimum absolute atomic E-state index is 0.0125. The van der Waals surface area contributed by atoms with Crippen molar-refractivity contribution in [3.8, 4) is 17.1 Å². The Kier molecular flexibility index (Phi) is 4.97. The summed E-state index contributed by atoms with van der Waals surface area (Å²) in [6, 6.07) is 17.0. The highest BCUT2D eigenvalue weighted by atomic mass is 16.5. The molecule has 0 bridgehead atoms. The van der Waals surface area contributed by atoms with Gasteiger partial charge in [-0.05, 0) is 25.1 Å². The molecule has 0 fully saturated rings. The minimum atomic E-state index is 0.0125. The third-order valence-corrected chi connectivity index (χ3v) is 4.24. The van der Waals surface area contributed by atoms with Crippen LogP contribution >= 0.6 is 0 Å². The molecule has 0 spiro atoms. The molecule has 0 saturated heterocycles. The summed E-state index contributed by atoms with van der Waals surface area (Å²) in [5.41, 5.74) is 2.74. The van der Waals surface area contributed by atoms with Crippen molar-refractivity contribution in [1.29, 1.82) is 0 Å². The van der Waals surface area contributed by atoms with Crippen LogP contribution in [-0.2, 0) is 0 Å². The number of ether oxygens (including phenoxy) is 1. The molecule has 7 nitrogen and oxygen atoms in total. The first kappa shape index (κ1) is 17.7. The maximum Gasteiger partial charge on any atom is 0.183 e. The van der Waals surface area contributed by atoms with E-state index in [1.54, 1.807) is 13.0 Å². The Morgan fingerprint density at radius 1 is 1.11 bits per heavy atom. The molecule has 2 N–H and O–H groups in total. The third-order valence-electron chi connectivity index (χ3n) is 4.24. The zero-order chi connectivity index (χ0) is 19.3. The highest BCUT2D eigenvalue weighted by Gasteiger charge is 2.12. The monoisotopic (exact) mass is 373 g/mol. The summed E-state index contributed by atoms with van der Waals surface area (Å²) in [5, 5.41) is 3.25. The molecule has 0 unspecified atom stereocenters. The van der Waals surface area contributed by atoms with Crippen molar-refractivity contribution in [2.75, 3.05) is 18.5 Å². The standard InChI is InChI=1S/C21H19N5O2/c1-14(27)15-6-5-7-16(12-15)19-25-18-20(23-13-24-21(18)26-19)22-10-11-28-17-8-3-2-4-9-17/h2-9,12-13H,10-11H2,1H3,(H2,22,23,24,25,26). The lowest BCUT2D eigenvalue weighted by Gasteiger charge is -2.08. The topological polar surface area (TPSA) is 92.8 Å². The second-order valence-corrected chi connectivity index (χ2v) is 6.23. The number of anilines is 1. The lowest BCUT2D eigenvalue weighted by molar-refractivity contribution is 0.101. The van der Waals surface area contributed by atoms with Gasteiger partial charge in [-0.25, -0.2) is 15.0 Å². The fourth-order valence-electron chi connectivity index (χ4n) is 2.84. The maximum absolute atomic E-state index is 11.6. The number of nitrogens with one attached hydrogen (secondary N) is 2. The Hall–Kier alpha value is -3.74. The normalized spacial score (nSPS) is 10.8. The van der Waals surface area contributed by atoms with E-state index in [9.17, 15) is 4.79 Å². The van der Waals surface area contributed by atoms with Crippen LogP contribution in [0.2, 0.25) is 0 Å². The van der Waals surface area contributed by atoms with Crippen molar-refractivity contribution >= 4 is 22.8 Å². The molecule has 0 aliphatic heterocycles. The third kappa shape index (κ3) is 3.83. The molecule has 2 heterocycles. The number of carbonyl (C=O) groups excluding carboxylic acids is 1. The van der Waals surface area contributed by atoms with E-state index in [2.05, 4.69) is 25.3 Å². The van der Waals surface area contributed by atoms with E-state index in [1.807, 2.05) is 48.5 Å². The Morgan fingerprint density at radius 2 is 1.96 bits per heavy atom. The quantitative estimate of drug-likeness (QED) is 0.379. The number of benzene rings is 2. The fourth-order valence-corrected chi connectivity index (χ4v) is 2.84. The van der Waals surface area contributed by atoms with Crippen molar-refractivity contribution in [2.24, 2.45) is 0 Å². The SMILES string of the molecule is CC(=O)c1cccc(-c2nc3ncnc(NCCOc4ccccc4)c3[nH]2)c1. The van der Waals surface area contributed by atoms with E-state index >= 15 is 0 Å². The average molecular weight is 373 g/mol. The van der Waals surface area contributed by atoms with Gasteiger partial charge in [-0.3, -0.25) is 4.79 Å². The number of aromatic nitrogens is 4. The van der Waals surface area contributed by atoms with Gasteiger partial charge in [0.05, 0.1) is 6.54 Å². The van der Waals surface area contributed by atoms with Crippen molar-refractivity contribution in [2.45, 2.75) is 6.92 Å². The summed E-state index contributed by atoms with van der Waals surface area (Å²) in [5.74, 6) is 2.13. The molecule has 4 rings (SSSR count). The largest absolute Gasteiger partial charge is 0.492 e. The van der Waals surface area contributed by atoms with Crippen LogP contribution < -0.4 is 10.1 Å². The Bertz CT molecular complexity index is 1110. The zero-order valence-corrected chi connectivity index (χ0v) is 15.3. The molecule has 2 aromatic heterocycles. The lowest BCUT2D eigenvalue weighted by Crippen LogP contribution is -2.12. The molecule has 0 saturated carbocycles. The molecule has 0 amide bonds.